The van der Waals surface area contributed by atoms with Crippen LogP contribution in [0.2, 0.25) is 5.02 Å². The van der Waals surface area contributed by atoms with E-state index < -0.39 is 0 Å². The van der Waals surface area contributed by atoms with Gasteiger partial charge in [-0.3, -0.25) is 9.59 Å². The Bertz CT molecular complexity index is 702. The number of benzene rings is 2. The van der Waals surface area contributed by atoms with E-state index in [0.717, 1.165) is 12.1 Å². The van der Waals surface area contributed by atoms with Gasteiger partial charge in [0, 0.05) is 28.5 Å². The number of halogens is 1. The highest BCUT2D eigenvalue weighted by Gasteiger charge is 2.05. The van der Waals surface area contributed by atoms with Gasteiger partial charge in [-0.1, -0.05) is 24.6 Å². The highest BCUT2D eigenvalue weighted by molar-refractivity contribution is 6.30. The maximum absolute atomic E-state index is 12.0. The fourth-order valence-electron chi connectivity index (χ4n) is 2.08. The van der Waals surface area contributed by atoms with Crippen LogP contribution in [0.15, 0.2) is 48.5 Å². The third kappa shape index (κ3) is 5.93. The normalized spacial score (nSPS) is 10.1. The lowest BCUT2D eigenvalue weighted by atomic mass is 10.2. The molecule has 2 amide bonds. The number of carbonyl (C=O) groups excluding carboxylic acids is 2. The maximum atomic E-state index is 12.0. The zero-order chi connectivity index (χ0) is 17.4. The van der Waals surface area contributed by atoms with E-state index in [2.05, 4.69) is 16.0 Å². The van der Waals surface area contributed by atoms with Crippen molar-refractivity contribution in [3.63, 3.8) is 0 Å². The van der Waals surface area contributed by atoms with E-state index in [0.29, 0.717) is 22.8 Å². The number of anilines is 3. The molecule has 0 atom stereocenters. The molecule has 0 fully saturated rings. The second kappa shape index (κ2) is 8.93. The molecule has 5 nitrogen and oxygen atoms in total. The van der Waals surface area contributed by atoms with Crippen molar-refractivity contribution in [2.75, 3.05) is 22.5 Å². The molecule has 0 aliphatic carbocycles. The van der Waals surface area contributed by atoms with E-state index in [1.165, 1.54) is 0 Å². The van der Waals surface area contributed by atoms with Gasteiger partial charge in [-0.05, 0) is 48.9 Å². The Morgan fingerprint density at radius 2 is 1.54 bits per heavy atom. The van der Waals surface area contributed by atoms with Gasteiger partial charge in [-0.2, -0.15) is 0 Å². The zero-order valence-corrected chi connectivity index (χ0v) is 14.2. The van der Waals surface area contributed by atoms with Crippen LogP contribution in [0.5, 0.6) is 0 Å². The highest BCUT2D eigenvalue weighted by atomic mass is 35.5. The predicted octanol–water partition coefficient (Wildman–Crippen LogP) is 4.13. The minimum Gasteiger partial charge on any atom is -0.376 e. The molecule has 0 spiro atoms. The lowest BCUT2D eigenvalue weighted by Crippen LogP contribution is -2.21. The van der Waals surface area contributed by atoms with Gasteiger partial charge in [0.15, 0.2) is 0 Å². The van der Waals surface area contributed by atoms with Crippen molar-refractivity contribution >= 4 is 40.5 Å². The van der Waals surface area contributed by atoms with E-state index in [9.17, 15) is 9.59 Å². The first-order valence-electron chi connectivity index (χ1n) is 7.76. The Balaban J connectivity index is 1.87. The van der Waals surface area contributed by atoms with Crippen molar-refractivity contribution in [2.45, 2.75) is 19.8 Å². The quantitative estimate of drug-likeness (QED) is 0.706. The zero-order valence-electron chi connectivity index (χ0n) is 13.4. The number of hydrogen-bond donors (Lipinski definition) is 3. The molecule has 3 N–H and O–H groups in total. The Hall–Kier alpha value is -2.53. The molecule has 2 aromatic carbocycles. The molecule has 6 heteroatoms. The Kier molecular flexibility index (Phi) is 6.63. The van der Waals surface area contributed by atoms with Gasteiger partial charge in [-0.15, -0.1) is 0 Å². The fourth-order valence-corrected chi connectivity index (χ4v) is 2.21. The van der Waals surface area contributed by atoms with Crippen molar-refractivity contribution in [1.82, 2.24) is 0 Å². The van der Waals surface area contributed by atoms with Crippen LogP contribution in [0.25, 0.3) is 0 Å². The molecule has 0 aliphatic rings. The smallest absolute Gasteiger partial charge is 0.243 e. The number of nitrogens with one attached hydrogen (secondary N) is 3. The molecule has 0 radical (unpaired) electrons. The first-order chi connectivity index (χ1) is 11.6. The van der Waals surface area contributed by atoms with Crippen molar-refractivity contribution in [3.05, 3.63) is 53.6 Å². The Morgan fingerprint density at radius 1 is 0.917 bits per heavy atom. The monoisotopic (exact) mass is 345 g/mol. The largest absolute Gasteiger partial charge is 0.376 e. The minimum atomic E-state index is -0.179. The molecule has 2 aromatic rings. The van der Waals surface area contributed by atoms with Gasteiger partial charge in [0.2, 0.25) is 11.8 Å². The van der Waals surface area contributed by atoms with Gasteiger partial charge in [-0.25, -0.2) is 0 Å². The summed E-state index contributed by atoms with van der Waals surface area (Å²) in [5.41, 5.74) is 2.11. The van der Waals surface area contributed by atoms with Crippen LogP contribution in [-0.2, 0) is 9.59 Å². The minimum absolute atomic E-state index is 0.0367. The molecule has 24 heavy (non-hydrogen) atoms. The average Bonchev–Trinajstić information content (AvgIpc) is 2.55. The summed E-state index contributed by atoms with van der Waals surface area (Å²) in [6.07, 6.45) is 1.26. The topological polar surface area (TPSA) is 70.2 Å². The van der Waals surface area contributed by atoms with E-state index in [4.69, 9.17) is 11.6 Å². The molecular weight excluding hydrogens is 326 g/mol. The van der Waals surface area contributed by atoms with Gasteiger partial charge < -0.3 is 16.0 Å². The average molecular weight is 346 g/mol. The SMILES string of the molecule is CCCC(=O)Nc1cccc(NC(=O)CNc2ccc(Cl)cc2)c1. The standard InChI is InChI=1S/C18H20ClN3O2/c1-2-4-17(23)21-15-5-3-6-16(11-15)22-18(24)12-20-14-9-7-13(19)8-10-14/h3,5-11,20H,2,4,12H2,1H3,(H,21,23)(H,22,24). The van der Waals surface area contributed by atoms with Crippen LogP contribution in [0.4, 0.5) is 17.1 Å². The van der Waals surface area contributed by atoms with Crippen molar-refractivity contribution in [2.24, 2.45) is 0 Å². The lowest BCUT2D eigenvalue weighted by Gasteiger charge is -2.10. The second-order valence-electron chi connectivity index (χ2n) is 5.29. The maximum Gasteiger partial charge on any atom is 0.243 e. The van der Waals surface area contributed by atoms with Crippen molar-refractivity contribution in [1.29, 1.82) is 0 Å². The van der Waals surface area contributed by atoms with Crippen LogP contribution in [0.3, 0.4) is 0 Å². The Labute approximate surface area is 146 Å². The fraction of sp³-hybridized carbons (Fsp3) is 0.222. The Morgan fingerprint density at radius 3 is 2.17 bits per heavy atom. The molecule has 0 aliphatic heterocycles. The van der Waals surface area contributed by atoms with Crippen LogP contribution < -0.4 is 16.0 Å². The molecule has 0 saturated carbocycles. The summed E-state index contributed by atoms with van der Waals surface area (Å²) in [6, 6.07) is 14.2. The summed E-state index contributed by atoms with van der Waals surface area (Å²) >= 11 is 5.82. The summed E-state index contributed by atoms with van der Waals surface area (Å²) in [5, 5.41) is 9.25. The van der Waals surface area contributed by atoms with E-state index in [1.54, 1.807) is 48.5 Å². The van der Waals surface area contributed by atoms with Crippen molar-refractivity contribution < 1.29 is 9.59 Å². The summed E-state index contributed by atoms with van der Waals surface area (Å²) in [7, 11) is 0. The lowest BCUT2D eigenvalue weighted by molar-refractivity contribution is -0.116. The molecule has 126 valence electrons. The number of rotatable bonds is 7. The van der Waals surface area contributed by atoms with Crippen molar-refractivity contribution in [3.8, 4) is 0 Å². The first kappa shape index (κ1) is 17.8. The van der Waals surface area contributed by atoms with E-state index >= 15 is 0 Å². The number of amides is 2. The van der Waals surface area contributed by atoms with Crippen LogP contribution in [0, 0.1) is 0 Å². The molecule has 0 saturated heterocycles. The van der Waals surface area contributed by atoms with Gasteiger partial charge in [0.1, 0.15) is 0 Å². The molecular formula is C18H20ClN3O2. The van der Waals surface area contributed by atoms with E-state index in [-0.39, 0.29) is 18.4 Å². The molecule has 0 aromatic heterocycles. The molecule has 2 rings (SSSR count). The van der Waals surface area contributed by atoms with Crippen LogP contribution >= 0.6 is 11.6 Å². The van der Waals surface area contributed by atoms with Gasteiger partial charge in [0.05, 0.1) is 6.54 Å². The molecule has 0 heterocycles. The molecule has 0 bridgehead atoms. The third-order valence-corrected chi connectivity index (χ3v) is 3.46. The second-order valence-corrected chi connectivity index (χ2v) is 5.72. The summed E-state index contributed by atoms with van der Waals surface area (Å²) in [4.78, 5) is 23.6. The summed E-state index contributed by atoms with van der Waals surface area (Å²) in [5.74, 6) is -0.215. The third-order valence-electron chi connectivity index (χ3n) is 3.20. The summed E-state index contributed by atoms with van der Waals surface area (Å²) in [6.45, 7) is 2.08. The highest BCUT2D eigenvalue weighted by Crippen LogP contribution is 2.16. The van der Waals surface area contributed by atoms with Crippen LogP contribution in [-0.4, -0.2) is 18.4 Å². The summed E-state index contributed by atoms with van der Waals surface area (Å²) < 4.78 is 0. The van der Waals surface area contributed by atoms with Crippen LogP contribution in [0.1, 0.15) is 19.8 Å². The number of hydrogen-bond acceptors (Lipinski definition) is 3. The molecule has 0 unspecified atom stereocenters. The van der Waals surface area contributed by atoms with E-state index in [1.807, 2.05) is 6.92 Å². The predicted molar refractivity (Wildman–Crippen MR) is 98.6 cm³/mol. The number of carbonyl (C=O) groups is 2. The van der Waals surface area contributed by atoms with Gasteiger partial charge in [0.25, 0.3) is 0 Å². The first-order valence-corrected chi connectivity index (χ1v) is 8.14. The van der Waals surface area contributed by atoms with Gasteiger partial charge >= 0.3 is 0 Å².